The van der Waals surface area contributed by atoms with Crippen molar-refractivity contribution in [3.8, 4) is 17.2 Å². The van der Waals surface area contributed by atoms with Gasteiger partial charge in [-0.25, -0.2) is 4.79 Å². The molecule has 0 aliphatic rings. The van der Waals surface area contributed by atoms with Crippen LogP contribution in [-0.4, -0.2) is 31.3 Å². The Morgan fingerprint density at radius 1 is 1.04 bits per heavy atom. The lowest BCUT2D eigenvalue weighted by Gasteiger charge is -2.09. The summed E-state index contributed by atoms with van der Waals surface area (Å²) in [5.74, 6) is -0.498. The van der Waals surface area contributed by atoms with Crippen LogP contribution in [0.15, 0.2) is 36.4 Å². The summed E-state index contributed by atoms with van der Waals surface area (Å²) >= 11 is 0. The van der Waals surface area contributed by atoms with E-state index in [9.17, 15) is 14.7 Å². The fourth-order valence-electron chi connectivity index (χ4n) is 2.23. The molecule has 0 saturated carbocycles. The van der Waals surface area contributed by atoms with Gasteiger partial charge in [-0.2, -0.15) is 0 Å². The van der Waals surface area contributed by atoms with E-state index in [0.29, 0.717) is 17.1 Å². The molecule has 0 atom stereocenters. The van der Waals surface area contributed by atoms with Gasteiger partial charge in [0.25, 0.3) is 0 Å². The summed E-state index contributed by atoms with van der Waals surface area (Å²) < 4.78 is 15.0. The molecule has 0 heterocycles. The van der Waals surface area contributed by atoms with Gasteiger partial charge in [-0.05, 0) is 29.3 Å². The minimum absolute atomic E-state index is 0.0877. The van der Waals surface area contributed by atoms with Crippen LogP contribution in [0.5, 0.6) is 17.2 Å². The number of carbonyl (C=O) groups is 2. The molecule has 0 saturated heterocycles. The van der Waals surface area contributed by atoms with Crippen LogP contribution in [0.2, 0.25) is 0 Å². The molecular weight excluding hydrogens is 324 g/mol. The molecule has 0 aromatic heterocycles. The van der Waals surface area contributed by atoms with Crippen LogP contribution in [0.25, 0.3) is 12.2 Å². The second-order valence-electron chi connectivity index (χ2n) is 5.07. The molecule has 0 amide bonds. The first-order valence-corrected chi connectivity index (χ1v) is 7.41. The van der Waals surface area contributed by atoms with Crippen molar-refractivity contribution in [2.24, 2.45) is 0 Å². The number of phenolic OH excluding ortho intramolecular Hbond substituents is 1. The van der Waals surface area contributed by atoms with Crippen molar-refractivity contribution in [1.82, 2.24) is 0 Å². The topological polar surface area (TPSA) is 82.1 Å². The summed E-state index contributed by atoms with van der Waals surface area (Å²) in [6.07, 6.45) is 3.41. The van der Waals surface area contributed by atoms with E-state index in [0.717, 1.165) is 5.56 Å². The highest BCUT2D eigenvalue weighted by Gasteiger charge is 2.15. The molecule has 0 bridgehead atoms. The first-order valence-electron chi connectivity index (χ1n) is 7.41. The molecule has 6 nitrogen and oxygen atoms in total. The lowest BCUT2D eigenvalue weighted by atomic mass is 10.0. The minimum Gasteiger partial charge on any atom is -0.507 e. The SMILES string of the molecule is COC(=O)c1c(O)cccc1/C=C/c1ccc(OC(C)=O)c(OC)c1. The largest absolute Gasteiger partial charge is 0.507 e. The molecule has 0 aliphatic carbocycles. The highest BCUT2D eigenvalue weighted by molar-refractivity contribution is 5.97. The summed E-state index contributed by atoms with van der Waals surface area (Å²) in [5, 5.41) is 9.89. The Bertz CT molecular complexity index is 823. The van der Waals surface area contributed by atoms with Gasteiger partial charge in [0, 0.05) is 6.92 Å². The summed E-state index contributed by atoms with van der Waals surface area (Å²) in [4.78, 5) is 22.9. The van der Waals surface area contributed by atoms with E-state index >= 15 is 0 Å². The predicted molar refractivity (Wildman–Crippen MR) is 92.7 cm³/mol. The maximum atomic E-state index is 11.8. The number of hydrogen-bond donors (Lipinski definition) is 1. The quantitative estimate of drug-likeness (QED) is 0.510. The number of esters is 2. The number of phenols is 1. The van der Waals surface area contributed by atoms with Crippen molar-refractivity contribution in [3.05, 3.63) is 53.1 Å². The minimum atomic E-state index is -0.625. The first-order chi connectivity index (χ1) is 12.0. The molecule has 0 spiro atoms. The second kappa shape index (κ2) is 8.01. The number of hydrogen-bond acceptors (Lipinski definition) is 6. The first kappa shape index (κ1) is 18.1. The molecule has 0 unspecified atom stereocenters. The van der Waals surface area contributed by atoms with Crippen LogP contribution in [0.1, 0.15) is 28.4 Å². The van der Waals surface area contributed by atoms with Crippen molar-refractivity contribution >= 4 is 24.1 Å². The van der Waals surface area contributed by atoms with Crippen LogP contribution in [0.3, 0.4) is 0 Å². The van der Waals surface area contributed by atoms with Gasteiger partial charge in [0.1, 0.15) is 11.3 Å². The van der Waals surface area contributed by atoms with Gasteiger partial charge < -0.3 is 19.3 Å². The van der Waals surface area contributed by atoms with Gasteiger partial charge in [-0.3, -0.25) is 4.79 Å². The fourth-order valence-corrected chi connectivity index (χ4v) is 2.23. The summed E-state index contributed by atoms with van der Waals surface area (Å²) in [7, 11) is 2.72. The van der Waals surface area contributed by atoms with E-state index in [-0.39, 0.29) is 11.3 Å². The van der Waals surface area contributed by atoms with Crippen LogP contribution in [0, 0.1) is 0 Å². The number of carbonyl (C=O) groups excluding carboxylic acids is 2. The second-order valence-corrected chi connectivity index (χ2v) is 5.07. The zero-order valence-corrected chi connectivity index (χ0v) is 14.1. The molecule has 2 aromatic carbocycles. The van der Waals surface area contributed by atoms with Gasteiger partial charge in [-0.15, -0.1) is 0 Å². The van der Waals surface area contributed by atoms with Crippen molar-refractivity contribution in [2.75, 3.05) is 14.2 Å². The van der Waals surface area contributed by atoms with Crippen molar-refractivity contribution < 1.29 is 28.9 Å². The maximum absolute atomic E-state index is 11.8. The molecule has 130 valence electrons. The van der Waals surface area contributed by atoms with E-state index in [1.807, 2.05) is 0 Å². The Morgan fingerprint density at radius 2 is 1.80 bits per heavy atom. The summed E-state index contributed by atoms with van der Waals surface area (Å²) in [6, 6.07) is 9.77. The lowest BCUT2D eigenvalue weighted by molar-refractivity contribution is -0.132. The fraction of sp³-hybridized carbons (Fsp3) is 0.158. The summed E-state index contributed by atoms with van der Waals surface area (Å²) in [6.45, 7) is 1.31. The Hall–Kier alpha value is -3.28. The third-order valence-electron chi connectivity index (χ3n) is 3.36. The van der Waals surface area contributed by atoms with Crippen LogP contribution < -0.4 is 9.47 Å². The molecule has 0 fully saturated rings. The normalized spacial score (nSPS) is 10.5. The number of methoxy groups -OCH3 is 2. The number of aromatic hydroxyl groups is 1. The average molecular weight is 342 g/mol. The standard InChI is InChI=1S/C19H18O6/c1-12(20)25-16-10-8-13(11-17(16)23-2)7-9-14-5-4-6-15(21)18(14)19(22)24-3/h4-11,21H,1-3H3/b9-7+. The van der Waals surface area contributed by atoms with Crippen molar-refractivity contribution in [1.29, 1.82) is 0 Å². The van der Waals surface area contributed by atoms with E-state index in [1.165, 1.54) is 27.2 Å². The van der Waals surface area contributed by atoms with E-state index < -0.39 is 11.9 Å². The Labute approximate surface area is 145 Å². The molecule has 2 rings (SSSR count). The highest BCUT2D eigenvalue weighted by Crippen LogP contribution is 2.29. The van der Waals surface area contributed by atoms with E-state index in [2.05, 4.69) is 0 Å². The Morgan fingerprint density at radius 3 is 2.44 bits per heavy atom. The van der Waals surface area contributed by atoms with Crippen LogP contribution in [0.4, 0.5) is 0 Å². The molecule has 25 heavy (non-hydrogen) atoms. The molecule has 2 aromatic rings. The average Bonchev–Trinajstić information content (AvgIpc) is 2.59. The predicted octanol–water partition coefficient (Wildman–Crippen LogP) is 3.28. The maximum Gasteiger partial charge on any atom is 0.342 e. The molecule has 1 N–H and O–H groups in total. The smallest absolute Gasteiger partial charge is 0.342 e. The van der Waals surface area contributed by atoms with E-state index in [1.54, 1.807) is 42.5 Å². The Balaban J connectivity index is 2.35. The monoisotopic (exact) mass is 342 g/mol. The summed E-state index contributed by atoms with van der Waals surface area (Å²) in [5.41, 5.74) is 1.35. The molecular formula is C19H18O6. The number of ether oxygens (including phenoxy) is 3. The van der Waals surface area contributed by atoms with Crippen LogP contribution in [-0.2, 0) is 9.53 Å². The number of rotatable bonds is 5. The molecule has 0 aliphatic heterocycles. The lowest BCUT2D eigenvalue weighted by Crippen LogP contribution is -2.04. The van der Waals surface area contributed by atoms with Gasteiger partial charge in [0.05, 0.1) is 14.2 Å². The zero-order chi connectivity index (χ0) is 18.4. The molecule has 0 radical (unpaired) electrons. The van der Waals surface area contributed by atoms with Gasteiger partial charge in [0.2, 0.25) is 0 Å². The molecule has 6 heteroatoms. The third kappa shape index (κ3) is 4.38. The van der Waals surface area contributed by atoms with Gasteiger partial charge in [-0.1, -0.05) is 30.4 Å². The van der Waals surface area contributed by atoms with Crippen molar-refractivity contribution in [2.45, 2.75) is 6.92 Å². The van der Waals surface area contributed by atoms with Gasteiger partial charge in [0.15, 0.2) is 11.5 Å². The van der Waals surface area contributed by atoms with Gasteiger partial charge >= 0.3 is 11.9 Å². The zero-order valence-electron chi connectivity index (χ0n) is 14.1. The van der Waals surface area contributed by atoms with E-state index in [4.69, 9.17) is 14.2 Å². The Kier molecular flexibility index (Phi) is 5.79. The third-order valence-corrected chi connectivity index (χ3v) is 3.36. The number of benzene rings is 2. The van der Waals surface area contributed by atoms with Crippen LogP contribution >= 0.6 is 0 Å². The highest BCUT2D eigenvalue weighted by atomic mass is 16.6. The van der Waals surface area contributed by atoms with Crippen molar-refractivity contribution in [3.63, 3.8) is 0 Å².